The summed E-state index contributed by atoms with van der Waals surface area (Å²) in [5.41, 5.74) is -0.0432. The molecule has 1 amide bonds. The summed E-state index contributed by atoms with van der Waals surface area (Å²) in [6.07, 6.45) is -0.207. The number of carbonyl (C=O) groups is 2. The van der Waals surface area contributed by atoms with Gasteiger partial charge in [-0.2, -0.15) is 5.10 Å². The molecule has 0 bridgehead atoms. The van der Waals surface area contributed by atoms with Crippen LogP contribution in [0, 0.1) is 0 Å². The lowest BCUT2D eigenvalue weighted by Gasteiger charge is -2.11. The van der Waals surface area contributed by atoms with Crippen LogP contribution in [0.15, 0.2) is 29.1 Å². The number of aromatic nitrogens is 2. The van der Waals surface area contributed by atoms with Gasteiger partial charge in [-0.05, 0) is 6.07 Å². The number of fused-ring (bicyclic) bond motifs is 1. The third-order valence-electron chi connectivity index (χ3n) is 2.92. The van der Waals surface area contributed by atoms with Crippen molar-refractivity contribution in [3.63, 3.8) is 0 Å². The van der Waals surface area contributed by atoms with Crippen LogP contribution in [0.2, 0.25) is 0 Å². The first-order valence-electron chi connectivity index (χ1n) is 6.12. The summed E-state index contributed by atoms with van der Waals surface area (Å²) >= 11 is 0. The van der Waals surface area contributed by atoms with Crippen molar-refractivity contribution in [2.24, 2.45) is 0 Å². The van der Waals surface area contributed by atoms with Gasteiger partial charge >= 0.3 is 5.97 Å². The summed E-state index contributed by atoms with van der Waals surface area (Å²) in [4.78, 5) is 34.1. The lowest BCUT2D eigenvalue weighted by Crippen LogP contribution is -2.44. The summed E-state index contributed by atoms with van der Waals surface area (Å²) in [5.74, 6) is -1.94. The molecule has 0 saturated heterocycles. The molecule has 0 fully saturated rings. The van der Waals surface area contributed by atoms with E-state index in [1.165, 1.54) is 0 Å². The number of H-pyrrole nitrogens is 1. The number of hydrogen-bond acceptors (Lipinski definition) is 5. The Labute approximate surface area is 118 Å². The van der Waals surface area contributed by atoms with Crippen LogP contribution < -0.4 is 10.9 Å². The maximum absolute atomic E-state index is 11.8. The number of nitrogens with one attached hydrogen (secondary N) is 2. The molecule has 0 radical (unpaired) electrons. The predicted molar refractivity (Wildman–Crippen MR) is 72.7 cm³/mol. The summed E-state index contributed by atoms with van der Waals surface area (Å²) in [6, 6.07) is 5.28. The van der Waals surface area contributed by atoms with Gasteiger partial charge in [-0.25, -0.2) is 9.89 Å². The number of carboxylic acids is 1. The minimum Gasteiger partial charge on any atom is -0.480 e. The zero-order valence-corrected chi connectivity index (χ0v) is 10.9. The SMILES string of the molecule is O=C(Cc1n[nH]c(=O)c2ccccc12)N[C@@H](CO)C(=O)O. The maximum atomic E-state index is 11.8. The van der Waals surface area contributed by atoms with Gasteiger partial charge in [0.15, 0.2) is 0 Å². The Balaban J connectivity index is 2.24. The van der Waals surface area contributed by atoms with Crippen molar-refractivity contribution in [2.75, 3.05) is 6.61 Å². The second-order valence-electron chi connectivity index (χ2n) is 4.36. The van der Waals surface area contributed by atoms with E-state index in [1.54, 1.807) is 24.3 Å². The first-order chi connectivity index (χ1) is 10.0. The molecule has 1 aromatic carbocycles. The van der Waals surface area contributed by atoms with Crippen molar-refractivity contribution in [1.82, 2.24) is 15.5 Å². The molecule has 2 rings (SSSR count). The van der Waals surface area contributed by atoms with Crippen LogP contribution in [0.4, 0.5) is 0 Å². The molecule has 1 heterocycles. The van der Waals surface area contributed by atoms with Crippen LogP contribution in [-0.2, 0) is 16.0 Å². The van der Waals surface area contributed by atoms with Crippen molar-refractivity contribution in [2.45, 2.75) is 12.5 Å². The van der Waals surface area contributed by atoms with Crippen molar-refractivity contribution in [3.05, 3.63) is 40.3 Å². The summed E-state index contributed by atoms with van der Waals surface area (Å²) in [6.45, 7) is -0.707. The van der Waals surface area contributed by atoms with Crippen molar-refractivity contribution < 1.29 is 19.8 Å². The van der Waals surface area contributed by atoms with Gasteiger partial charge in [0.1, 0.15) is 6.04 Å². The summed E-state index contributed by atoms with van der Waals surface area (Å²) < 4.78 is 0. The maximum Gasteiger partial charge on any atom is 0.328 e. The first kappa shape index (κ1) is 14.7. The normalized spacial score (nSPS) is 12.0. The molecule has 0 aliphatic rings. The van der Waals surface area contributed by atoms with E-state index in [2.05, 4.69) is 15.5 Å². The van der Waals surface area contributed by atoms with Gasteiger partial charge in [0, 0.05) is 5.39 Å². The lowest BCUT2D eigenvalue weighted by atomic mass is 10.1. The molecule has 8 heteroatoms. The van der Waals surface area contributed by atoms with Gasteiger partial charge < -0.3 is 15.5 Å². The highest BCUT2D eigenvalue weighted by Crippen LogP contribution is 2.12. The third kappa shape index (κ3) is 3.23. The highest BCUT2D eigenvalue weighted by molar-refractivity contribution is 5.90. The van der Waals surface area contributed by atoms with Crippen molar-refractivity contribution in [1.29, 1.82) is 0 Å². The van der Waals surface area contributed by atoms with Gasteiger partial charge in [-0.15, -0.1) is 0 Å². The molecule has 0 unspecified atom stereocenters. The van der Waals surface area contributed by atoms with Gasteiger partial charge in [0.05, 0.1) is 24.1 Å². The number of carboxylic acid groups (broad SMARTS) is 1. The first-order valence-corrected chi connectivity index (χ1v) is 6.12. The third-order valence-corrected chi connectivity index (χ3v) is 2.92. The van der Waals surface area contributed by atoms with Crippen LogP contribution in [0.3, 0.4) is 0 Å². The zero-order chi connectivity index (χ0) is 15.4. The van der Waals surface area contributed by atoms with E-state index in [4.69, 9.17) is 10.2 Å². The number of aliphatic hydroxyl groups excluding tert-OH is 1. The molecule has 0 spiro atoms. The van der Waals surface area contributed by atoms with E-state index in [-0.39, 0.29) is 12.0 Å². The Morgan fingerprint density at radius 3 is 2.57 bits per heavy atom. The average Bonchev–Trinajstić information content (AvgIpc) is 2.47. The fraction of sp³-hybridized carbons (Fsp3) is 0.231. The molecular formula is C13H13N3O5. The molecule has 21 heavy (non-hydrogen) atoms. The van der Waals surface area contributed by atoms with E-state index in [1.807, 2.05) is 0 Å². The number of aromatic amines is 1. The monoisotopic (exact) mass is 291 g/mol. The van der Waals surface area contributed by atoms with E-state index < -0.39 is 24.5 Å². The number of aliphatic hydroxyl groups is 1. The molecule has 0 aliphatic heterocycles. The Bertz CT molecular complexity index is 740. The molecule has 0 saturated carbocycles. The van der Waals surface area contributed by atoms with Gasteiger partial charge in [-0.3, -0.25) is 9.59 Å². The number of rotatable bonds is 5. The fourth-order valence-electron chi connectivity index (χ4n) is 1.89. The van der Waals surface area contributed by atoms with E-state index >= 15 is 0 Å². The molecule has 1 aromatic heterocycles. The Kier molecular flexibility index (Phi) is 4.29. The number of nitrogens with zero attached hydrogens (tertiary/aromatic N) is 1. The smallest absolute Gasteiger partial charge is 0.328 e. The highest BCUT2D eigenvalue weighted by atomic mass is 16.4. The average molecular weight is 291 g/mol. The lowest BCUT2D eigenvalue weighted by molar-refractivity contribution is -0.142. The van der Waals surface area contributed by atoms with Gasteiger partial charge in [-0.1, -0.05) is 18.2 Å². The Morgan fingerprint density at radius 2 is 1.95 bits per heavy atom. The van der Waals surface area contributed by atoms with Crippen LogP contribution in [0.5, 0.6) is 0 Å². The van der Waals surface area contributed by atoms with E-state index in [0.717, 1.165) is 0 Å². The Hall–Kier alpha value is -2.74. The minimum atomic E-state index is -1.37. The molecule has 1 atom stereocenters. The topological polar surface area (TPSA) is 132 Å². The molecule has 0 aliphatic carbocycles. The molecular weight excluding hydrogens is 278 g/mol. The largest absolute Gasteiger partial charge is 0.480 e. The van der Waals surface area contributed by atoms with Crippen LogP contribution in [-0.4, -0.2) is 44.9 Å². The molecule has 110 valence electrons. The zero-order valence-electron chi connectivity index (χ0n) is 10.9. The number of carbonyl (C=O) groups excluding carboxylic acids is 1. The van der Waals surface area contributed by atoms with Gasteiger partial charge in [0.25, 0.3) is 5.56 Å². The number of hydrogen-bond donors (Lipinski definition) is 4. The minimum absolute atomic E-state index is 0.207. The second-order valence-corrected chi connectivity index (χ2v) is 4.36. The van der Waals surface area contributed by atoms with E-state index in [9.17, 15) is 14.4 Å². The number of aliphatic carboxylic acids is 1. The molecule has 2 aromatic rings. The number of benzene rings is 1. The summed E-state index contributed by atoms with van der Waals surface area (Å²) in [5, 5.41) is 26.8. The quantitative estimate of drug-likeness (QED) is 0.560. The van der Waals surface area contributed by atoms with Crippen molar-refractivity contribution >= 4 is 22.6 Å². The predicted octanol–water partition coefficient (Wildman–Crippen LogP) is -0.973. The Morgan fingerprint density at radius 1 is 1.29 bits per heavy atom. The van der Waals surface area contributed by atoms with Crippen LogP contribution in [0.25, 0.3) is 10.8 Å². The standard InChI is InChI=1S/C13H13N3O5/c17-6-10(13(20)21)14-11(18)5-9-7-3-1-2-4-8(7)12(19)16-15-9/h1-4,10,17H,5-6H2,(H,14,18)(H,16,19)(H,20,21)/t10-/m0/s1. The molecule has 4 N–H and O–H groups in total. The second kappa shape index (κ2) is 6.14. The fourth-order valence-corrected chi connectivity index (χ4v) is 1.89. The van der Waals surface area contributed by atoms with Gasteiger partial charge in [0.2, 0.25) is 5.91 Å². The summed E-state index contributed by atoms with van der Waals surface area (Å²) in [7, 11) is 0. The van der Waals surface area contributed by atoms with Crippen molar-refractivity contribution in [3.8, 4) is 0 Å². The van der Waals surface area contributed by atoms with Crippen LogP contribution >= 0.6 is 0 Å². The highest BCUT2D eigenvalue weighted by Gasteiger charge is 2.19. The molecule has 8 nitrogen and oxygen atoms in total. The van der Waals surface area contributed by atoms with Crippen LogP contribution in [0.1, 0.15) is 5.69 Å². The number of amides is 1. The van der Waals surface area contributed by atoms with E-state index in [0.29, 0.717) is 16.5 Å².